The summed E-state index contributed by atoms with van der Waals surface area (Å²) in [6.07, 6.45) is 1.06. The van der Waals surface area contributed by atoms with Gasteiger partial charge in [0.1, 0.15) is 0 Å². The van der Waals surface area contributed by atoms with E-state index >= 15 is 0 Å². The number of benzene rings is 2. The second-order valence-electron chi connectivity index (χ2n) is 6.03. The molecule has 0 unspecified atom stereocenters. The molecule has 0 bridgehead atoms. The Morgan fingerprint density at radius 1 is 1.04 bits per heavy atom. The lowest BCUT2D eigenvalue weighted by Gasteiger charge is -2.10. The molecule has 0 atom stereocenters. The number of rotatable bonds is 6. The van der Waals surface area contributed by atoms with Gasteiger partial charge >= 0.3 is 5.97 Å². The number of hydrogen-bond acceptors (Lipinski definition) is 5. The van der Waals surface area contributed by atoms with E-state index in [2.05, 4.69) is 5.32 Å². The molecule has 0 aliphatic rings. The smallest absolute Gasteiger partial charge is 0.338 e. The predicted octanol–water partition coefficient (Wildman–Crippen LogP) is 2.18. The Balaban J connectivity index is 1.96. The highest BCUT2D eigenvalue weighted by atomic mass is 32.2. The van der Waals surface area contributed by atoms with Crippen LogP contribution in [0.25, 0.3) is 0 Å². The lowest BCUT2D eigenvalue weighted by Crippen LogP contribution is -2.28. The largest absolute Gasteiger partial charge is 0.452 e. The Hall–Kier alpha value is -2.67. The highest BCUT2D eigenvalue weighted by Gasteiger charge is 2.16. The van der Waals surface area contributed by atoms with E-state index in [-0.39, 0.29) is 10.5 Å². The molecule has 0 fully saturated rings. The van der Waals surface area contributed by atoms with E-state index in [0.717, 1.165) is 17.4 Å². The molecular weight excluding hydrogens is 354 g/mol. The van der Waals surface area contributed by atoms with E-state index in [0.29, 0.717) is 12.1 Å². The van der Waals surface area contributed by atoms with Crippen molar-refractivity contribution in [3.63, 3.8) is 0 Å². The van der Waals surface area contributed by atoms with Crippen LogP contribution in [-0.4, -0.2) is 33.2 Å². The van der Waals surface area contributed by atoms with Crippen molar-refractivity contribution in [1.82, 2.24) is 5.32 Å². The molecule has 0 saturated carbocycles. The normalized spacial score (nSPS) is 11.0. The molecule has 138 valence electrons. The summed E-state index contributed by atoms with van der Waals surface area (Å²) in [7, 11) is -3.44. The molecule has 0 saturated heterocycles. The van der Waals surface area contributed by atoms with E-state index in [4.69, 9.17) is 4.74 Å². The van der Waals surface area contributed by atoms with Crippen LogP contribution in [0.15, 0.2) is 47.4 Å². The van der Waals surface area contributed by atoms with Gasteiger partial charge in [-0.1, -0.05) is 30.3 Å². The predicted molar refractivity (Wildman–Crippen MR) is 97.6 cm³/mol. The summed E-state index contributed by atoms with van der Waals surface area (Å²) in [4.78, 5) is 24.1. The van der Waals surface area contributed by atoms with Crippen molar-refractivity contribution in [2.24, 2.45) is 0 Å². The van der Waals surface area contributed by atoms with Gasteiger partial charge in [0.25, 0.3) is 5.91 Å². The standard InChI is InChI=1S/C19H21NO5S/c1-13-6-4-5-7-15(13)11-20-18(21)12-25-19(22)17-10-16(26(3,23)24)9-8-14(17)2/h4-10H,11-12H2,1-3H3,(H,20,21). The maximum Gasteiger partial charge on any atom is 0.338 e. The fraction of sp³-hybridized carbons (Fsp3) is 0.263. The number of hydrogen-bond donors (Lipinski definition) is 1. The van der Waals surface area contributed by atoms with Gasteiger partial charge in [0.15, 0.2) is 16.4 Å². The van der Waals surface area contributed by atoms with E-state index in [1.807, 2.05) is 31.2 Å². The Labute approximate surface area is 153 Å². The molecule has 0 radical (unpaired) electrons. The number of carbonyl (C=O) groups is 2. The summed E-state index contributed by atoms with van der Waals surface area (Å²) in [5.41, 5.74) is 2.73. The third kappa shape index (κ3) is 5.16. The van der Waals surface area contributed by atoms with Crippen LogP contribution < -0.4 is 5.32 Å². The Morgan fingerprint density at radius 3 is 2.38 bits per heavy atom. The van der Waals surface area contributed by atoms with Crippen molar-refractivity contribution in [2.75, 3.05) is 12.9 Å². The number of ether oxygens (including phenoxy) is 1. The lowest BCUT2D eigenvalue weighted by molar-refractivity contribution is -0.124. The van der Waals surface area contributed by atoms with Crippen LogP contribution >= 0.6 is 0 Å². The van der Waals surface area contributed by atoms with Crippen molar-refractivity contribution in [3.05, 3.63) is 64.7 Å². The third-order valence-electron chi connectivity index (χ3n) is 3.93. The maximum atomic E-state index is 12.2. The minimum Gasteiger partial charge on any atom is -0.452 e. The summed E-state index contributed by atoms with van der Waals surface area (Å²) in [5, 5.41) is 2.68. The molecule has 0 heterocycles. The summed E-state index contributed by atoms with van der Waals surface area (Å²) >= 11 is 0. The van der Waals surface area contributed by atoms with Gasteiger partial charge in [0.05, 0.1) is 10.5 Å². The minimum absolute atomic E-state index is 0.0269. The second-order valence-corrected chi connectivity index (χ2v) is 8.04. The van der Waals surface area contributed by atoms with Gasteiger partial charge in [-0.05, 0) is 42.7 Å². The first kappa shape index (κ1) is 19.7. The summed E-state index contributed by atoms with van der Waals surface area (Å²) in [5.74, 6) is -1.17. The Morgan fingerprint density at radius 2 is 1.73 bits per heavy atom. The van der Waals surface area contributed by atoms with Crippen LogP contribution in [-0.2, 0) is 25.9 Å². The second kappa shape index (κ2) is 8.14. The van der Waals surface area contributed by atoms with Gasteiger partial charge in [0, 0.05) is 12.8 Å². The zero-order valence-electron chi connectivity index (χ0n) is 14.9. The number of esters is 1. The van der Waals surface area contributed by atoms with E-state index < -0.39 is 28.3 Å². The molecule has 26 heavy (non-hydrogen) atoms. The molecule has 2 aromatic rings. The monoisotopic (exact) mass is 375 g/mol. The Bertz CT molecular complexity index is 935. The number of sulfone groups is 1. The number of carbonyl (C=O) groups excluding carboxylic acids is 2. The summed E-state index contributed by atoms with van der Waals surface area (Å²) in [6.45, 7) is 3.51. The van der Waals surface area contributed by atoms with Crippen molar-refractivity contribution < 1.29 is 22.7 Å². The van der Waals surface area contributed by atoms with E-state index in [1.165, 1.54) is 18.2 Å². The zero-order chi connectivity index (χ0) is 19.3. The van der Waals surface area contributed by atoms with Crippen LogP contribution in [0.3, 0.4) is 0 Å². The van der Waals surface area contributed by atoms with Crippen molar-refractivity contribution in [2.45, 2.75) is 25.3 Å². The molecule has 6 nitrogen and oxygen atoms in total. The zero-order valence-corrected chi connectivity index (χ0v) is 15.7. The molecule has 2 rings (SSSR count). The summed E-state index contributed by atoms with van der Waals surface area (Å²) < 4.78 is 28.2. The molecule has 0 aliphatic carbocycles. The highest BCUT2D eigenvalue weighted by molar-refractivity contribution is 7.90. The first-order chi connectivity index (χ1) is 12.2. The van der Waals surface area contributed by atoms with Crippen LogP contribution in [0.1, 0.15) is 27.0 Å². The molecule has 2 aromatic carbocycles. The topological polar surface area (TPSA) is 89.5 Å². The van der Waals surface area contributed by atoms with Gasteiger partial charge in [-0.25, -0.2) is 13.2 Å². The Kier molecular flexibility index (Phi) is 6.15. The van der Waals surface area contributed by atoms with E-state index in [1.54, 1.807) is 6.92 Å². The number of aryl methyl sites for hydroxylation is 2. The fourth-order valence-electron chi connectivity index (χ4n) is 2.31. The van der Waals surface area contributed by atoms with Crippen molar-refractivity contribution in [1.29, 1.82) is 0 Å². The van der Waals surface area contributed by atoms with Crippen LogP contribution in [0, 0.1) is 13.8 Å². The van der Waals surface area contributed by atoms with Crippen molar-refractivity contribution >= 4 is 21.7 Å². The molecular formula is C19H21NO5S. The fourth-order valence-corrected chi connectivity index (χ4v) is 2.96. The molecule has 1 amide bonds. The summed E-state index contributed by atoms with van der Waals surface area (Å²) in [6, 6.07) is 11.9. The quantitative estimate of drug-likeness (QED) is 0.782. The molecule has 1 N–H and O–H groups in total. The first-order valence-electron chi connectivity index (χ1n) is 7.97. The molecule has 0 spiro atoms. The lowest BCUT2D eigenvalue weighted by atomic mass is 10.1. The van der Waals surface area contributed by atoms with Gasteiger partial charge < -0.3 is 10.1 Å². The third-order valence-corrected chi connectivity index (χ3v) is 5.04. The average molecular weight is 375 g/mol. The maximum absolute atomic E-state index is 12.2. The molecule has 0 aliphatic heterocycles. The van der Waals surface area contributed by atoms with Crippen molar-refractivity contribution in [3.8, 4) is 0 Å². The van der Waals surface area contributed by atoms with Gasteiger partial charge in [-0.2, -0.15) is 0 Å². The van der Waals surface area contributed by atoms with Gasteiger partial charge in [0.2, 0.25) is 0 Å². The van der Waals surface area contributed by atoms with Gasteiger partial charge in [-0.3, -0.25) is 4.79 Å². The number of amides is 1. The van der Waals surface area contributed by atoms with Crippen LogP contribution in [0.5, 0.6) is 0 Å². The first-order valence-corrected chi connectivity index (χ1v) is 9.86. The SMILES string of the molecule is Cc1ccccc1CNC(=O)COC(=O)c1cc(S(C)(=O)=O)ccc1C. The highest BCUT2D eigenvalue weighted by Crippen LogP contribution is 2.16. The molecule has 7 heteroatoms. The van der Waals surface area contributed by atoms with Gasteiger partial charge in [-0.15, -0.1) is 0 Å². The van der Waals surface area contributed by atoms with Crippen LogP contribution in [0.4, 0.5) is 0 Å². The van der Waals surface area contributed by atoms with Crippen LogP contribution in [0.2, 0.25) is 0 Å². The van der Waals surface area contributed by atoms with E-state index in [9.17, 15) is 18.0 Å². The average Bonchev–Trinajstić information content (AvgIpc) is 2.58. The minimum atomic E-state index is -3.44. The number of nitrogens with one attached hydrogen (secondary N) is 1. The molecule has 0 aromatic heterocycles.